The van der Waals surface area contributed by atoms with Crippen molar-refractivity contribution in [3.63, 3.8) is 0 Å². The summed E-state index contributed by atoms with van der Waals surface area (Å²) in [4.78, 5) is 83.5. The van der Waals surface area contributed by atoms with Gasteiger partial charge in [0.25, 0.3) is 0 Å². The first-order valence-corrected chi connectivity index (χ1v) is 13.4. The quantitative estimate of drug-likeness (QED) is 0.0883. The third-order valence-electron chi connectivity index (χ3n) is 6.64. The number of nitrogens with zero attached hydrogens (tertiary/aromatic N) is 1. The second kappa shape index (κ2) is 15.1. The van der Waals surface area contributed by atoms with E-state index in [9.17, 15) is 39.0 Å². The topological polar surface area (TPSA) is 275 Å². The molecule has 2 heterocycles. The molecule has 0 aliphatic heterocycles. The average molecular weight is 599 g/mol. The number of carboxylic acids is 2. The maximum absolute atomic E-state index is 13.6. The summed E-state index contributed by atoms with van der Waals surface area (Å²) in [6.45, 7) is 0. The van der Waals surface area contributed by atoms with Crippen LogP contribution >= 0.6 is 0 Å². The van der Waals surface area contributed by atoms with E-state index in [2.05, 4.69) is 30.9 Å². The van der Waals surface area contributed by atoms with Crippen molar-refractivity contribution in [2.45, 2.75) is 62.7 Å². The molecule has 3 aromatic rings. The second-order valence-corrected chi connectivity index (χ2v) is 9.91. The molecule has 0 bridgehead atoms. The molecule has 3 rings (SSSR count). The van der Waals surface area contributed by atoms with E-state index in [0.717, 1.165) is 10.9 Å². The van der Waals surface area contributed by atoms with Gasteiger partial charge in [0.05, 0.1) is 12.4 Å². The maximum atomic E-state index is 13.6. The molecule has 1 aromatic carbocycles. The Bertz CT molecular complexity index is 1450. The van der Waals surface area contributed by atoms with E-state index < -0.39 is 66.2 Å². The number of carbonyl (C=O) groups excluding carboxylic acids is 4. The van der Waals surface area contributed by atoms with Crippen LogP contribution in [0.3, 0.4) is 0 Å². The number of primary amides is 1. The van der Waals surface area contributed by atoms with Gasteiger partial charge in [-0.2, -0.15) is 0 Å². The molecule has 0 aliphatic carbocycles. The van der Waals surface area contributed by atoms with E-state index in [-0.39, 0.29) is 32.1 Å². The van der Waals surface area contributed by atoms with Crippen LogP contribution in [0.5, 0.6) is 0 Å². The predicted octanol–water partition coefficient (Wildman–Crippen LogP) is -1.33. The lowest BCUT2D eigenvalue weighted by Crippen LogP contribution is -2.57. The number of H-pyrrole nitrogens is 2. The number of rotatable bonds is 17. The summed E-state index contributed by atoms with van der Waals surface area (Å²) in [6, 6.07) is 1.91. The summed E-state index contributed by atoms with van der Waals surface area (Å²) in [6.07, 6.45) is 3.08. The smallest absolute Gasteiger partial charge is 0.326 e. The van der Waals surface area contributed by atoms with E-state index in [1.54, 1.807) is 12.3 Å². The fraction of sp³-hybridized carbons (Fsp3) is 0.370. The number of imidazole rings is 1. The van der Waals surface area contributed by atoms with Crippen molar-refractivity contribution in [2.75, 3.05) is 0 Å². The van der Waals surface area contributed by atoms with Crippen LogP contribution in [0.2, 0.25) is 0 Å². The van der Waals surface area contributed by atoms with Gasteiger partial charge in [-0.15, -0.1) is 0 Å². The largest absolute Gasteiger partial charge is 0.481 e. The number of aromatic nitrogens is 3. The summed E-state index contributed by atoms with van der Waals surface area (Å²) in [5, 5.41) is 27.0. The monoisotopic (exact) mass is 598 g/mol. The fourth-order valence-corrected chi connectivity index (χ4v) is 4.33. The Labute approximate surface area is 245 Å². The van der Waals surface area contributed by atoms with Gasteiger partial charge in [-0.1, -0.05) is 18.2 Å². The number of nitrogens with one attached hydrogen (secondary N) is 5. The molecular weight excluding hydrogens is 564 g/mol. The minimum atomic E-state index is -1.46. The highest BCUT2D eigenvalue weighted by atomic mass is 16.4. The number of para-hydroxylation sites is 1. The van der Waals surface area contributed by atoms with Crippen molar-refractivity contribution in [3.05, 3.63) is 54.2 Å². The number of hydrogen-bond acceptors (Lipinski definition) is 8. The first kappa shape index (κ1) is 32.3. The van der Waals surface area contributed by atoms with E-state index >= 15 is 0 Å². The van der Waals surface area contributed by atoms with Crippen LogP contribution in [0.25, 0.3) is 10.9 Å². The Hall–Kier alpha value is -5.25. The molecule has 0 saturated heterocycles. The molecule has 0 spiro atoms. The fourth-order valence-electron chi connectivity index (χ4n) is 4.33. The van der Waals surface area contributed by atoms with Crippen molar-refractivity contribution < 1.29 is 39.0 Å². The molecule has 16 nitrogen and oxygen atoms in total. The molecule has 0 saturated carbocycles. The summed E-state index contributed by atoms with van der Waals surface area (Å²) < 4.78 is 0. The number of benzene rings is 1. The Morgan fingerprint density at radius 2 is 1.51 bits per heavy atom. The van der Waals surface area contributed by atoms with Crippen molar-refractivity contribution in [1.82, 2.24) is 30.9 Å². The SMILES string of the molecule is NC(=O)CCC(N)C(=O)NC(Cc1c[nH]c2ccccc12)C(=O)NC(CCC(=O)O)C(=O)NC(Cc1cnc[nH]1)C(=O)O. The predicted molar refractivity (Wildman–Crippen MR) is 151 cm³/mol. The molecular formula is C27H34N8O8. The lowest BCUT2D eigenvalue weighted by molar-refractivity contribution is -0.143. The third kappa shape index (κ3) is 9.67. The molecule has 4 unspecified atom stereocenters. The van der Waals surface area contributed by atoms with Crippen LogP contribution < -0.4 is 27.4 Å². The van der Waals surface area contributed by atoms with Gasteiger partial charge in [0, 0.05) is 54.7 Å². The summed E-state index contributed by atoms with van der Waals surface area (Å²) in [5.41, 5.74) is 12.9. The van der Waals surface area contributed by atoms with Gasteiger partial charge in [-0.05, 0) is 24.5 Å². The third-order valence-corrected chi connectivity index (χ3v) is 6.64. The zero-order valence-electron chi connectivity index (χ0n) is 23.0. The second-order valence-electron chi connectivity index (χ2n) is 9.91. The number of hydrogen-bond donors (Lipinski definition) is 9. The highest BCUT2D eigenvalue weighted by Gasteiger charge is 2.31. The van der Waals surface area contributed by atoms with Gasteiger partial charge < -0.3 is 47.6 Å². The minimum Gasteiger partial charge on any atom is -0.481 e. The van der Waals surface area contributed by atoms with Crippen LogP contribution in [-0.2, 0) is 41.6 Å². The Morgan fingerprint density at radius 1 is 0.837 bits per heavy atom. The Balaban J connectivity index is 1.82. The minimum absolute atomic E-state index is 0.0467. The molecule has 11 N–H and O–H groups in total. The van der Waals surface area contributed by atoms with Crippen LogP contribution in [0.4, 0.5) is 0 Å². The van der Waals surface area contributed by atoms with Gasteiger partial charge in [-0.3, -0.25) is 24.0 Å². The summed E-state index contributed by atoms with van der Waals surface area (Å²) in [7, 11) is 0. The first-order chi connectivity index (χ1) is 20.4. The van der Waals surface area contributed by atoms with E-state index in [4.69, 9.17) is 11.5 Å². The molecule has 0 fully saturated rings. The zero-order chi connectivity index (χ0) is 31.5. The average Bonchev–Trinajstić information content (AvgIpc) is 3.62. The van der Waals surface area contributed by atoms with Gasteiger partial charge >= 0.3 is 11.9 Å². The molecule has 230 valence electrons. The lowest BCUT2D eigenvalue weighted by Gasteiger charge is -2.25. The van der Waals surface area contributed by atoms with Gasteiger partial charge in [0.1, 0.15) is 18.1 Å². The van der Waals surface area contributed by atoms with Crippen molar-refractivity contribution in [3.8, 4) is 0 Å². The van der Waals surface area contributed by atoms with Crippen LogP contribution in [0.15, 0.2) is 43.0 Å². The van der Waals surface area contributed by atoms with Crippen molar-refractivity contribution in [2.24, 2.45) is 11.5 Å². The zero-order valence-corrected chi connectivity index (χ0v) is 23.0. The van der Waals surface area contributed by atoms with Gasteiger partial charge in [-0.25, -0.2) is 9.78 Å². The molecule has 0 radical (unpaired) electrons. The summed E-state index contributed by atoms with van der Waals surface area (Å²) in [5.74, 6) is -5.79. The molecule has 4 atom stereocenters. The number of amides is 4. The number of fused-ring (bicyclic) bond motifs is 1. The molecule has 0 aliphatic rings. The molecule has 16 heteroatoms. The normalized spacial score (nSPS) is 13.8. The number of aliphatic carboxylic acids is 2. The summed E-state index contributed by atoms with van der Waals surface area (Å²) >= 11 is 0. The molecule has 43 heavy (non-hydrogen) atoms. The maximum Gasteiger partial charge on any atom is 0.326 e. The molecule has 2 aromatic heterocycles. The molecule has 4 amide bonds. The van der Waals surface area contributed by atoms with Gasteiger partial charge in [0.2, 0.25) is 23.6 Å². The van der Waals surface area contributed by atoms with Gasteiger partial charge in [0.15, 0.2) is 0 Å². The number of nitrogens with two attached hydrogens (primary N) is 2. The van der Waals surface area contributed by atoms with E-state index in [1.807, 2.05) is 18.2 Å². The van der Waals surface area contributed by atoms with Crippen LogP contribution in [-0.4, -0.2) is 84.9 Å². The standard InChI is InChI=1S/C27H34N8O8/c28-17(5-7-22(29)36)24(39)34-20(9-14-11-31-18-4-2-1-3-16(14)18)26(41)33-19(6-8-23(37)38)25(40)35-21(27(42)43)10-15-12-30-13-32-15/h1-4,11-13,17,19-21,31H,5-10,28H2,(H2,29,36)(H,30,32)(H,33,41)(H,34,39)(H,35,40)(H,37,38)(H,42,43). The number of aromatic amines is 2. The number of carboxylic acid groups (broad SMARTS) is 2. The Morgan fingerprint density at radius 3 is 2.16 bits per heavy atom. The lowest BCUT2D eigenvalue weighted by atomic mass is 10.0. The number of carbonyl (C=O) groups is 6. The van der Waals surface area contributed by atoms with Crippen LogP contribution in [0, 0.1) is 0 Å². The van der Waals surface area contributed by atoms with Crippen LogP contribution in [0.1, 0.15) is 36.9 Å². The van der Waals surface area contributed by atoms with Crippen molar-refractivity contribution in [1.29, 1.82) is 0 Å². The highest BCUT2D eigenvalue weighted by molar-refractivity contribution is 5.95. The first-order valence-electron chi connectivity index (χ1n) is 13.4. The van der Waals surface area contributed by atoms with E-state index in [1.165, 1.54) is 12.5 Å². The van der Waals surface area contributed by atoms with Crippen molar-refractivity contribution >= 4 is 46.5 Å². The highest BCUT2D eigenvalue weighted by Crippen LogP contribution is 2.19. The Kier molecular flexibility index (Phi) is 11.3. The van der Waals surface area contributed by atoms with E-state index in [0.29, 0.717) is 11.3 Å².